The van der Waals surface area contributed by atoms with Gasteiger partial charge >= 0.3 is 0 Å². The minimum atomic E-state index is -0.451. The molecule has 6 heteroatoms. The monoisotopic (exact) mass is 345 g/mol. The zero-order valence-corrected chi connectivity index (χ0v) is 14.0. The van der Waals surface area contributed by atoms with Gasteiger partial charge in [0.1, 0.15) is 6.54 Å². The maximum atomic E-state index is 12.5. The number of fused-ring (bicyclic) bond motifs is 2. The third kappa shape index (κ3) is 2.61. The van der Waals surface area contributed by atoms with Gasteiger partial charge in [0.05, 0.1) is 22.3 Å². The van der Waals surface area contributed by atoms with Crippen LogP contribution in [0.15, 0.2) is 54.6 Å². The summed E-state index contributed by atoms with van der Waals surface area (Å²) in [6, 6.07) is 15.9. The number of aryl methyl sites for hydroxylation is 1. The molecule has 6 nitrogen and oxygen atoms in total. The van der Waals surface area contributed by atoms with Crippen LogP contribution in [0.3, 0.4) is 0 Å². The first-order valence-electron chi connectivity index (χ1n) is 8.16. The van der Waals surface area contributed by atoms with E-state index in [-0.39, 0.29) is 6.54 Å². The SMILES string of the molecule is Cc1ccc2cccc(NC(=O)CN3C(=O)c4ccccc4C3=O)c2n1. The van der Waals surface area contributed by atoms with Gasteiger partial charge in [-0.25, -0.2) is 0 Å². The van der Waals surface area contributed by atoms with Crippen LogP contribution in [0, 0.1) is 6.92 Å². The summed E-state index contributed by atoms with van der Waals surface area (Å²) in [6.07, 6.45) is 0. The topological polar surface area (TPSA) is 79.4 Å². The van der Waals surface area contributed by atoms with Crippen molar-refractivity contribution in [2.75, 3.05) is 11.9 Å². The summed E-state index contributed by atoms with van der Waals surface area (Å²) in [6.45, 7) is 1.53. The Morgan fingerprint density at radius 3 is 2.35 bits per heavy atom. The highest BCUT2D eigenvalue weighted by molar-refractivity contribution is 6.22. The van der Waals surface area contributed by atoms with E-state index in [1.807, 2.05) is 31.2 Å². The van der Waals surface area contributed by atoms with E-state index in [4.69, 9.17) is 0 Å². The molecule has 1 aliphatic heterocycles. The molecule has 0 saturated heterocycles. The highest BCUT2D eigenvalue weighted by Crippen LogP contribution is 2.24. The molecule has 4 rings (SSSR count). The second-order valence-corrected chi connectivity index (χ2v) is 6.12. The molecule has 1 N–H and O–H groups in total. The van der Waals surface area contributed by atoms with Crippen molar-refractivity contribution in [3.05, 3.63) is 71.4 Å². The standard InChI is InChI=1S/C20H15N3O3/c1-12-9-10-13-5-4-8-16(18(13)21-12)22-17(24)11-23-19(25)14-6-2-3-7-15(14)20(23)26/h2-10H,11H2,1H3,(H,22,24). The maximum absolute atomic E-state index is 12.5. The summed E-state index contributed by atoms with van der Waals surface area (Å²) >= 11 is 0. The molecular weight excluding hydrogens is 330 g/mol. The van der Waals surface area contributed by atoms with Crippen molar-refractivity contribution in [2.45, 2.75) is 6.92 Å². The third-order valence-electron chi connectivity index (χ3n) is 4.31. The van der Waals surface area contributed by atoms with Gasteiger partial charge in [0, 0.05) is 11.1 Å². The fourth-order valence-electron chi connectivity index (χ4n) is 3.06. The van der Waals surface area contributed by atoms with Crippen LogP contribution in [0.1, 0.15) is 26.4 Å². The number of nitrogens with zero attached hydrogens (tertiary/aromatic N) is 2. The van der Waals surface area contributed by atoms with E-state index in [9.17, 15) is 14.4 Å². The Kier molecular flexibility index (Phi) is 3.73. The fourth-order valence-corrected chi connectivity index (χ4v) is 3.06. The lowest BCUT2D eigenvalue weighted by Gasteiger charge is -2.14. The number of amides is 3. The van der Waals surface area contributed by atoms with Crippen LogP contribution in [0.4, 0.5) is 5.69 Å². The smallest absolute Gasteiger partial charge is 0.262 e. The van der Waals surface area contributed by atoms with E-state index in [2.05, 4.69) is 10.3 Å². The molecule has 0 spiro atoms. The lowest BCUT2D eigenvalue weighted by Crippen LogP contribution is -2.37. The summed E-state index contributed by atoms with van der Waals surface area (Å²) < 4.78 is 0. The van der Waals surface area contributed by atoms with E-state index in [0.29, 0.717) is 22.3 Å². The first-order chi connectivity index (χ1) is 12.5. The van der Waals surface area contributed by atoms with Gasteiger partial charge in [-0.2, -0.15) is 0 Å². The molecule has 128 valence electrons. The average Bonchev–Trinajstić information content (AvgIpc) is 2.87. The number of imide groups is 1. The van der Waals surface area contributed by atoms with Crippen molar-refractivity contribution in [2.24, 2.45) is 0 Å². The van der Waals surface area contributed by atoms with Crippen molar-refractivity contribution in [3.8, 4) is 0 Å². The number of hydrogen-bond donors (Lipinski definition) is 1. The molecule has 2 heterocycles. The van der Waals surface area contributed by atoms with Gasteiger partial charge in [0.15, 0.2) is 0 Å². The fraction of sp³-hybridized carbons (Fsp3) is 0.100. The van der Waals surface area contributed by atoms with Crippen LogP contribution < -0.4 is 5.32 Å². The van der Waals surface area contributed by atoms with Crippen LogP contribution in [0.25, 0.3) is 10.9 Å². The highest BCUT2D eigenvalue weighted by Gasteiger charge is 2.36. The molecule has 0 aliphatic carbocycles. The molecule has 3 aromatic rings. The molecule has 1 aromatic heterocycles. The second kappa shape index (κ2) is 6.07. The Hall–Kier alpha value is -3.54. The molecule has 2 aromatic carbocycles. The van der Waals surface area contributed by atoms with Gasteiger partial charge in [0.2, 0.25) is 5.91 Å². The molecular formula is C20H15N3O3. The summed E-state index contributed by atoms with van der Waals surface area (Å²) in [7, 11) is 0. The number of aromatic nitrogens is 1. The molecule has 0 atom stereocenters. The van der Waals surface area contributed by atoms with E-state index in [1.165, 1.54) is 0 Å². The molecule has 3 amide bonds. The Balaban J connectivity index is 1.57. The van der Waals surface area contributed by atoms with Crippen molar-refractivity contribution < 1.29 is 14.4 Å². The van der Waals surface area contributed by atoms with Crippen molar-refractivity contribution in [1.82, 2.24) is 9.88 Å². The molecule has 0 saturated carbocycles. The number of rotatable bonds is 3. The predicted octanol–water partition coefficient (Wildman–Crippen LogP) is 2.78. The lowest BCUT2D eigenvalue weighted by molar-refractivity contribution is -0.116. The Morgan fingerprint density at radius 2 is 1.65 bits per heavy atom. The number of carbonyl (C=O) groups excluding carboxylic acids is 3. The third-order valence-corrected chi connectivity index (χ3v) is 4.31. The summed E-state index contributed by atoms with van der Waals surface area (Å²) in [5.41, 5.74) is 2.70. The first-order valence-corrected chi connectivity index (χ1v) is 8.16. The number of pyridine rings is 1. The maximum Gasteiger partial charge on any atom is 0.262 e. The number of carbonyl (C=O) groups is 3. The predicted molar refractivity (Wildman–Crippen MR) is 96.9 cm³/mol. The van der Waals surface area contributed by atoms with Gasteiger partial charge in [-0.3, -0.25) is 24.3 Å². The Labute approximate surface area is 149 Å². The molecule has 26 heavy (non-hydrogen) atoms. The summed E-state index contributed by atoms with van der Waals surface area (Å²) in [4.78, 5) is 42.6. The number of hydrogen-bond acceptors (Lipinski definition) is 4. The Bertz CT molecular complexity index is 1040. The van der Waals surface area contributed by atoms with Crippen LogP contribution in [0.5, 0.6) is 0 Å². The molecule has 0 fully saturated rings. The van der Waals surface area contributed by atoms with Gasteiger partial charge in [-0.05, 0) is 31.2 Å². The van der Waals surface area contributed by atoms with Crippen molar-refractivity contribution in [1.29, 1.82) is 0 Å². The first kappa shape index (κ1) is 16.0. The van der Waals surface area contributed by atoms with Crippen LogP contribution in [0.2, 0.25) is 0 Å². The van der Waals surface area contributed by atoms with Crippen LogP contribution in [-0.2, 0) is 4.79 Å². The lowest BCUT2D eigenvalue weighted by atomic mass is 10.1. The molecule has 0 radical (unpaired) electrons. The number of nitrogens with one attached hydrogen (secondary N) is 1. The van der Waals surface area contributed by atoms with E-state index in [1.54, 1.807) is 30.3 Å². The minimum Gasteiger partial charge on any atom is -0.323 e. The van der Waals surface area contributed by atoms with E-state index in [0.717, 1.165) is 16.0 Å². The van der Waals surface area contributed by atoms with Crippen molar-refractivity contribution >= 4 is 34.3 Å². The molecule has 0 unspecified atom stereocenters. The van der Waals surface area contributed by atoms with Crippen molar-refractivity contribution in [3.63, 3.8) is 0 Å². The molecule has 1 aliphatic rings. The number of para-hydroxylation sites is 1. The van der Waals surface area contributed by atoms with Gasteiger partial charge < -0.3 is 5.32 Å². The average molecular weight is 345 g/mol. The zero-order chi connectivity index (χ0) is 18.3. The van der Waals surface area contributed by atoms with E-state index >= 15 is 0 Å². The summed E-state index contributed by atoms with van der Waals surface area (Å²) in [5.74, 6) is -1.35. The van der Waals surface area contributed by atoms with Gasteiger partial charge in [-0.15, -0.1) is 0 Å². The number of benzene rings is 2. The quantitative estimate of drug-likeness (QED) is 0.740. The Morgan fingerprint density at radius 1 is 0.962 bits per heavy atom. The minimum absolute atomic E-state index is 0.327. The van der Waals surface area contributed by atoms with Crippen LogP contribution >= 0.6 is 0 Å². The van der Waals surface area contributed by atoms with Gasteiger partial charge in [0.25, 0.3) is 11.8 Å². The number of anilines is 1. The van der Waals surface area contributed by atoms with Crippen LogP contribution in [-0.4, -0.2) is 34.2 Å². The van der Waals surface area contributed by atoms with E-state index < -0.39 is 17.7 Å². The molecule has 0 bridgehead atoms. The highest BCUT2D eigenvalue weighted by atomic mass is 16.2. The van der Waals surface area contributed by atoms with Gasteiger partial charge in [-0.1, -0.05) is 30.3 Å². The second-order valence-electron chi connectivity index (χ2n) is 6.12. The largest absolute Gasteiger partial charge is 0.323 e. The zero-order valence-electron chi connectivity index (χ0n) is 14.0. The normalized spacial score (nSPS) is 13.2. The summed E-state index contributed by atoms with van der Waals surface area (Å²) in [5, 5.41) is 3.66.